The molecule has 4 rings (SSSR count). The zero-order valence-electron chi connectivity index (χ0n) is 19.3. The number of nitrogens with zero attached hydrogens (tertiary/aromatic N) is 2. The third-order valence-electron chi connectivity index (χ3n) is 5.17. The number of nitro benzene ring substituents is 1. The minimum absolute atomic E-state index is 0.0297. The Bertz CT molecular complexity index is 1420. The van der Waals surface area contributed by atoms with Crippen molar-refractivity contribution in [2.75, 3.05) is 6.61 Å². The quantitative estimate of drug-likeness (QED) is 0.0942. The summed E-state index contributed by atoms with van der Waals surface area (Å²) < 4.78 is 18.1. The van der Waals surface area contributed by atoms with Gasteiger partial charge in [0.2, 0.25) is 5.90 Å². The number of halogens is 2. The molecule has 0 radical (unpaired) electrons. The van der Waals surface area contributed by atoms with Crippen molar-refractivity contribution in [1.82, 2.24) is 0 Å². The van der Waals surface area contributed by atoms with Gasteiger partial charge in [0, 0.05) is 21.3 Å². The molecular weight excluding hydrogens is 599 g/mol. The molecule has 0 aromatic heterocycles. The number of esters is 1. The van der Waals surface area contributed by atoms with Crippen LogP contribution in [0.4, 0.5) is 5.69 Å². The van der Waals surface area contributed by atoms with Gasteiger partial charge in [-0.1, -0.05) is 23.7 Å². The predicted octanol–water partition coefficient (Wildman–Crippen LogP) is 6.48. The van der Waals surface area contributed by atoms with Gasteiger partial charge in [-0.25, -0.2) is 9.79 Å². The summed E-state index contributed by atoms with van der Waals surface area (Å²) in [5.74, 6) is 0.325. The monoisotopic (exact) mass is 618 g/mol. The van der Waals surface area contributed by atoms with E-state index in [0.29, 0.717) is 34.8 Å². The van der Waals surface area contributed by atoms with Crippen molar-refractivity contribution in [3.05, 3.63) is 101 Å². The second-order valence-corrected chi connectivity index (χ2v) is 9.35. The van der Waals surface area contributed by atoms with E-state index >= 15 is 0 Å². The molecule has 0 saturated heterocycles. The second kappa shape index (κ2) is 11.1. The molecule has 0 saturated carbocycles. The van der Waals surface area contributed by atoms with Gasteiger partial charge in [-0.2, -0.15) is 0 Å². The molecule has 0 spiro atoms. The molecule has 3 aromatic rings. The summed E-state index contributed by atoms with van der Waals surface area (Å²) in [6, 6.07) is 15.1. The molecule has 0 unspecified atom stereocenters. The van der Waals surface area contributed by atoms with Gasteiger partial charge in [-0.05, 0) is 89.5 Å². The maximum absolute atomic E-state index is 12.5. The van der Waals surface area contributed by atoms with Crippen LogP contribution in [0.5, 0.6) is 11.5 Å². The third-order valence-corrected chi connectivity index (χ3v) is 6.66. The van der Waals surface area contributed by atoms with Crippen LogP contribution in [0.15, 0.2) is 65.3 Å². The third kappa shape index (κ3) is 5.85. The van der Waals surface area contributed by atoms with Crippen LogP contribution in [0.1, 0.15) is 29.2 Å². The number of cyclic esters (lactones) is 1. The van der Waals surface area contributed by atoms with Crippen LogP contribution in [0.3, 0.4) is 0 Å². The number of aryl methyl sites for hydroxylation is 1. The molecule has 0 bridgehead atoms. The van der Waals surface area contributed by atoms with E-state index < -0.39 is 10.9 Å². The summed E-state index contributed by atoms with van der Waals surface area (Å²) in [7, 11) is 0. The van der Waals surface area contributed by atoms with Crippen LogP contribution in [0.25, 0.3) is 6.08 Å². The standard InChI is InChI=1S/C26H20ClIN2O6/c1-3-34-23-13-17(11-20(27)24(23)35-14-16-5-4-6-19(10-16)30(32)33)12-22-26(31)36-25(29-22)18-7-8-21(28)15(2)9-18/h4-13H,3,14H2,1-2H3/b22-12-. The SMILES string of the molecule is CCOc1cc(/C=C2\N=C(c3ccc(I)c(C)c3)OC2=O)cc(Cl)c1OCc1cccc([N+](=O)[O-])c1. The second-order valence-electron chi connectivity index (χ2n) is 7.78. The van der Waals surface area contributed by atoms with Crippen molar-refractivity contribution in [2.24, 2.45) is 4.99 Å². The van der Waals surface area contributed by atoms with Crippen molar-refractivity contribution < 1.29 is 23.9 Å². The van der Waals surface area contributed by atoms with Gasteiger partial charge >= 0.3 is 5.97 Å². The summed E-state index contributed by atoms with van der Waals surface area (Å²) in [6.45, 7) is 4.19. The predicted molar refractivity (Wildman–Crippen MR) is 145 cm³/mol. The van der Waals surface area contributed by atoms with Gasteiger partial charge in [0.15, 0.2) is 17.2 Å². The molecule has 1 aliphatic heterocycles. The van der Waals surface area contributed by atoms with Crippen molar-refractivity contribution >= 4 is 57.8 Å². The first-order valence-electron chi connectivity index (χ1n) is 10.9. The molecule has 1 aliphatic rings. The lowest BCUT2D eigenvalue weighted by molar-refractivity contribution is -0.384. The number of hydrogen-bond donors (Lipinski definition) is 0. The molecule has 1 heterocycles. The topological polar surface area (TPSA) is 100 Å². The zero-order chi connectivity index (χ0) is 25.8. The first-order valence-corrected chi connectivity index (χ1v) is 12.3. The van der Waals surface area contributed by atoms with Gasteiger partial charge in [-0.15, -0.1) is 0 Å². The van der Waals surface area contributed by atoms with Crippen LogP contribution in [-0.4, -0.2) is 23.4 Å². The highest BCUT2D eigenvalue weighted by Crippen LogP contribution is 2.38. The fourth-order valence-corrected chi connectivity index (χ4v) is 4.07. The number of rotatable bonds is 8. The van der Waals surface area contributed by atoms with E-state index in [1.165, 1.54) is 12.1 Å². The number of ether oxygens (including phenoxy) is 3. The summed E-state index contributed by atoms with van der Waals surface area (Å²) in [4.78, 5) is 27.4. The minimum atomic E-state index is -0.568. The largest absolute Gasteiger partial charge is 0.490 e. The van der Waals surface area contributed by atoms with Crippen molar-refractivity contribution in [2.45, 2.75) is 20.5 Å². The number of carbonyl (C=O) groups excluding carboxylic acids is 1. The van der Waals surface area contributed by atoms with Gasteiger partial charge in [0.25, 0.3) is 5.69 Å². The average Bonchev–Trinajstić information content (AvgIpc) is 3.20. The molecule has 0 atom stereocenters. The highest BCUT2D eigenvalue weighted by atomic mass is 127. The summed E-state index contributed by atoms with van der Waals surface area (Å²) in [6.07, 6.45) is 1.56. The normalized spacial score (nSPS) is 13.9. The Morgan fingerprint density at radius 3 is 2.69 bits per heavy atom. The Hall–Kier alpha value is -3.44. The lowest BCUT2D eigenvalue weighted by atomic mass is 10.1. The average molecular weight is 619 g/mol. The smallest absolute Gasteiger partial charge is 0.363 e. The number of nitro groups is 1. The van der Waals surface area contributed by atoms with E-state index in [4.69, 9.17) is 25.8 Å². The maximum Gasteiger partial charge on any atom is 0.363 e. The number of carbonyl (C=O) groups is 1. The highest BCUT2D eigenvalue weighted by Gasteiger charge is 2.25. The van der Waals surface area contributed by atoms with Crippen LogP contribution in [0, 0.1) is 20.6 Å². The van der Waals surface area contributed by atoms with E-state index in [9.17, 15) is 14.9 Å². The van der Waals surface area contributed by atoms with Crippen molar-refractivity contribution in [3.63, 3.8) is 0 Å². The maximum atomic E-state index is 12.5. The van der Waals surface area contributed by atoms with Gasteiger partial charge < -0.3 is 14.2 Å². The van der Waals surface area contributed by atoms with E-state index in [-0.39, 0.29) is 28.9 Å². The van der Waals surface area contributed by atoms with E-state index in [1.807, 2.05) is 32.0 Å². The Kier molecular flexibility index (Phi) is 7.90. The lowest BCUT2D eigenvalue weighted by Gasteiger charge is -2.14. The molecule has 0 aliphatic carbocycles. The summed E-state index contributed by atoms with van der Waals surface area (Å²) in [5, 5.41) is 11.3. The molecule has 0 amide bonds. The van der Waals surface area contributed by atoms with Gasteiger partial charge in [0.05, 0.1) is 16.6 Å². The van der Waals surface area contributed by atoms with E-state index in [1.54, 1.807) is 30.3 Å². The fraction of sp³-hybridized carbons (Fsp3) is 0.154. The van der Waals surface area contributed by atoms with E-state index in [0.717, 1.165) is 9.13 Å². The van der Waals surface area contributed by atoms with Crippen LogP contribution >= 0.6 is 34.2 Å². The van der Waals surface area contributed by atoms with Crippen LogP contribution in [0.2, 0.25) is 5.02 Å². The molecule has 10 heteroatoms. The summed E-state index contributed by atoms with van der Waals surface area (Å²) >= 11 is 8.74. The lowest BCUT2D eigenvalue weighted by Crippen LogP contribution is -2.05. The van der Waals surface area contributed by atoms with Crippen LogP contribution in [-0.2, 0) is 16.1 Å². The molecule has 0 fully saturated rings. The molecule has 8 nitrogen and oxygen atoms in total. The Morgan fingerprint density at radius 1 is 1.17 bits per heavy atom. The molecule has 0 N–H and O–H groups in total. The first-order chi connectivity index (χ1) is 17.2. The Labute approximate surface area is 225 Å². The Balaban J connectivity index is 1.60. The van der Waals surface area contributed by atoms with Crippen LogP contribution < -0.4 is 9.47 Å². The van der Waals surface area contributed by atoms with E-state index in [2.05, 4.69) is 27.6 Å². The molecule has 36 heavy (non-hydrogen) atoms. The number of aliphatic imine (C=N–C) groups is 1. The first kappa shape index (κ1) is 25.6. The number of benzene rings is 3. The fourth-order valence-electron chi connectivity index (χ4n) is 3.46. The van der Waals surface area contributed by atoms with Crippen molar-refractivity contribution in [3.8, 4) is 11.5 Å². The van der Waals surface area contributed by atoms with Gasteiger partial charge in [0.1, 0.15) is 6.61 Å². The molecule has 184 valence electrons. The highest BCUT2D eigenvalue weighted by molar-refractivity contribution is 14.1. The zero-order valence-corrected chi connectivity index (χ0v) is 22.2. The number of non-ortho nitro benzene ring substituents is 1. The van der Waals surface area contributed by atoms with Gasteiger partial charge in [-0.3, -0.25) is 10.1 Å². The van der Waals surface area contributed by atoms with Crippen molar-refractivity contribution in [1.29, 1.82) is 0 Å². The Morgan fingerprint density at radius 2 is 1.97 bits per heavy atom. The molecular formula is C26H20ClIN2O6. The summed E-state index contributed by atoms with van der Waals surface area (Å²) in [5.41, 5.74) is 3.04. The minimum Gasteiger partial charge on any atom is -0.490 e. The molecule has 3 aromatic carbocycles. The number of hydrogen-bond acceptors (Lipinski definition) is 7.